The first-order valence-corrected chi connectivity index (χ1v) is 8.96. The lowest BCUT2D eigenvalue weighted by Crippen LogP contribution is -2.43. The Morgan fingerprint density at radius 3 is 3.00 bits per heavy atom. The van der Waals surface area contributed by atoms with Crippen LogP contribution in [0.2, 0.25) is 0 Å². The highest BCUT2D eigenvalue weighted by atomic mass is 16.3. The van der Waals surface area contributed by atoms with Crippen molar-refractivity contribution >= 4 is 11.6 Å². The van der Waals surface area contributed by atoms with Crippen LogP contribution in [0.15, 0.2) is 29.3 Å². The van der Waals surface area contributed by atoms with E-state index in [1.807, 2.05) is 0 Å². The van der Waals surface area contributed by atoms with Gasteiger partial charge in [0.15, 0.2) is 5.96 Å². The number of aliphatic hydroxyl groups is 1. The van der Waals surface area contributed by atoms with Crippen LogP contribution < -0.4 is 10.2 Å². The van der Waals surface area contributed by atoms with Gasteiger partial charge >= 0.3 is 0 Å². The fourth-order valence-corrected chi connectivity index (χ4v) is 3.77. The van der Waals surface area contributed by atoms with E-state index >= 15 is 0 Å². The van der Waals surface area contributed by atoms with Crippen molar-refractivity contribution in [3.05, 3.63) is 29.8 Å². The molecule has 0 amide bonds. The van der Waals surface area contributed by atoms with Crippen molar-refractivity contribution < 1.29 is 5.11 Å². The molecule has 0 spiro atoms. The number of para-hydroxylation sites is 1. The Labute approximate surface area is 139 Å². The average Bonchev–Trinajstić information content (AvgIpc) is 2.98. The topological polar surface area (TPSA) is 47.9 Å². The van der Waals surface area contributed by atoms with Gasteiger partial charge in [-0.3, -0.25) is 4.99 Å². The molecule has 2 atom stereocenters. The molecular formula is C19H29N3O. The predicted molar refractivity (Wildman–Crippen MR) is 96.1 cm³/mol. The number of anilines is 1. The minimum Gasteiger partial charge on any atom is -0.392 e. The van der Waals surface area contributed by atoms with Gasteiger partial charge in [-0.2, -0.15) is 0 Å². The number of hydrogen-bond donors (Lipinski definition) is 2. The monoisotopic (exact) mass is 315 g/mol. The molecule has 1 aliphatic heterocycles. The van der Waals surface area contributed by atoms with Gasteiger partial charge in [-0.25, -0.2) is 0 Å². The number of fused-ring (bicyclic) bond motifs is 1. The minimum atomic E-state index is -0.228. The lowest BCUT2D eigenvalue weighted by molar-refractivity contribution is 0.00719. The van der Waals surface area contributed by atoms with Gasteiger partial charge in [-0.15, -0.1) is 0 Å². The summed E-state index contributed by atoms with van der Waals surface area (Å²) in [5, 5.41) is 13.8. The van der Waals surface area contributed by atoms with Gasteiger partial charge < -0.3 is 15.3 Å². The summed E-state index contributed by atoms with van der Waals surface area (Å²) >= 11 is 0. The standard InChI is InChI=1S/C19H29N3O/c1-3-20-18(21-14-19(2)12-7-6-10-17(19)23)22-13-11-15-8-4-5-9-16(15)22/h4-5,8-9,17,23H,3,6-7,10-14H2,1-2H3,(H,20,21). The van der Waals surface area contributed by atoms with Gasteiger partial charge in [0, 0.05) is 24.2 Å². The number of nitrogens with one attached hydrogen (secondary N) is 1. The SMILES string of the molecule is CCNC(=NCC1(C)CCCCC1O)N1CCc2ccccc21. The van der Waals surface area contributed by atoms with Crippen LogP contribution in [0.4, 0.5) is 5.69 Å². The molecule has 4 nitrogen and oxygen atoms in total. The van der Waals surface area contributed by atoms with Crippen LogP contribution >= 0.6 is 0 Å². The molecule has 0 saturated heterocycles. The Kier molecular flexibility index (Phi) is 4.90. The molecule has 0 radical (unpaired) electrons. The first kappa shape index (κ1) is 16.3. The van der Waals surface area contributed by atoms with Crippen LogP contribution in [0.5, 0.6) is 0 Å². The molecule has 0 aromatic heterocycles. The number of aliphatic hydroxyl groups excluding tert-OH is 1. The lowest BCUT2D eigenvalue weighted by Gasteiger charge is -2.37. The Bertz CT molecular complexity index is 571. The summed E-state index contributed by atoms with van der Waals surface area (Å²) in [5.41, 5.74) is 2.57. The molecule has 1 aromatic rings. The van der Waals surface area contributed by atoms with Crippen molar-refractivity contribution in [2.75, 3.05) is 24.5 Å². The van der Waals surface area contributed by atoms with Crippen molar-refractivity contribution in [1.29, 1.82) is 0 Å². The third-order valence-corrected chi connectivity index (χ3v) is 5.35. The van der Waals surface area contributed by atoms with E-state index in [-0.39, 0.29) is 11.5 Å². The Morgan fingerprint density at radius 2 is 2.22 bits per heavy atom. The second-order valence-electron chi connectivity index (χ2n) is 7.12. The highest BCUT2D eigenvalue weighted by Gasteiger charge is 2.35. The quantitative estimate of drug-likeness (QED) is 0.666. The molecule has 1 aromatic carbocycles. The molecular weight excluding hydrogens is 286 g/mol. The first-order chi connectivity index (χ1) is 11.1. The van der Waals surface area contributed by atoms with Crippen molar-refractivity contribution in [1.82, 2.24) is 5.32 Å². The fraction of sp³-hybridized carbons (Fsp3) is 0.632. The number of benzene rings is 1. The Morgan fingerprint density at radius 1 is 1.39 bits per heavy atom. The smallest absolute Gasteiger partial charge is 0.198 e. The highest BCUT2D eigenvalue weighted by Crippen LogP contribution is 2.36. The average molecular weight is 315 g/mol. The number of hydrogen-bond acceptors (Lipinski definition) is 2. The van der Waals surface area contributed by atoms with E-state index in [0.717, 1.165) is 44.7 Å². The lowest BCUT2D eigenvalue weighted by atomic mass is 9.73. The van der Waals surface area contributed by atoms with E-state index in [1.165, 1.54) is 17.7 Å². The molecule has 1 saturated carbocycles. The number of aliphatic imine (C=N–C) groups is 1. The van der Waals surface area contributed by atoms with Crippen LogP contribution in [0, 0.1) is 5.41 Å². The van der Waals surface area contributed by atoms with E-state index < -0.39 is 0 Å². The molecule has 1 aliphatic carbocycles. The summed E-state index contributed by atoms with van der Waals surface area (Å²) in [6, 6.07) is 8.57. The molecule has 23 heavy (non-hydrogen) atoms. The van der Waals surface area contributed by atoms with E-state index in [2.05, 4.69) is 48.3 Å². The zero-order valence-electron chi connectivity index (χ0n) is 14.4. The summed E-state index contributed by atoms with van der Waals surface area (Å²) in [6.07, 6.45) is 5.16. The molecule has 0 bridgehead atoms. The number of guanidine groups is 1. The van der Waals surface area contributed by atoms with Crippen LogP contribution in [0.1, 0.15) is 45.1 Å². The van der Waals surface area contributed by atoms with Gasteiger partial charge in [0.2, 0.25) is 0 Å². The largest absolute Gasteiger partial charge is 0.392 e. The van der Waals surface area contributed by atoms with Gasteiger partial charge in [0.05, 0.1) is 12.6 Å². The van der Waals surface area contributed by atoms with Crippen LogP contribution in [-0.2, 0) is 6.42 Å². The zero-order valence-corrected chi connectivity index (χ0v) is 14.4. The van der Waals surface area contributed by atoms with Gasteiger partial charge in [0.1, 0.15) is 0 Å². The molecule has 2 aliphatic rings. The van der Waals surface area contributed by atoms with Crippen molar-refractivity contribution in [2.24, 2.45) is 10.4 Å². The van der Waals surface area contributed by atoms with E-state index in [9.17, 15) is 5.11 Å². The predicted octanol–water partition coefficient (Wildman–Crippen LogP) is 2.96. The van der Waals surface area contributed by atoms with Crippen LogP contribution in [-0.4, -0.2) is 36.8 Å². The molecule has 4 heteroatoms. The van der Waals surface area contributed by atoms with Crippen molar-refractivity contribution in [3.63, 3.8) is 0 Å². The fourth-order valence-electron chi connectivity index (χ4n) is 3.77. The number of nitrogens with zero attached hydrogens (tertiary/aromatic N) is 2. The molecule has 3 rings (SSSR count). The summed E-state index contributed by atoms with van der Waals surface area (Å²) in [5.74, 6) is 0.955. The molecule has 126 valence electrons. The number of rotatable bonds is 3. The first-order valence-electron chi connectivity index (χ1n) is 8.96. The van der Waals surface area contributed by atoms with E-state index in [4.69, 9.17) is 4.99 Å². The second kappa shape index (κ2) is 6.91. The van der Waals surface area contributed by atoms with Gasteiger partial charge in [-0.05, 0) is 37.8 Å². The Hall–Kier alpha value is -1.55. The van der Waals surface area contributed by atoms with Crippen molar-refractivity contribution in [2.45, 2.75) is 52.1 Å². The highest BCUT2D eigenvalue weighted by molar-refractivity contribution is 5.98. The van der Waals surface area contributed by atoms with Crippen molar-refractivity contribution in [3.8, 4) is 0 Å². The summed E-state index contributed by atoms with van der Waals surface area (Å²) in [4.78, 5) is 7.20. The maximum absolute atomic E-state index is 10.4. The third kappa shape index (κ3) is 3.37. The van der Waals surface area contributed by atoms with Gasteiger partial charge in [-0.1, -0.05) is 38.0 Å². The summed E-state index contributed by atoms with van der Waals surface area (Å²) < 4.78 is 0. The molecule has 1 fully saturated rings. The van der Waals surface area contributed by atoms with Crippen LogP contribution in [0.3, 0.4) is 0 Å². The third-order valence-electron chi connectivity index (χ3n) is 5.35. The minimum absolute atomic E-state index is 0.0852. The zero-order chi connectivity index (χ0) is 16.3. The van der Waals surface area contributed by atoms with E-state index in [1.54, 1.807) is 0 Å². The van der Waals surface area contributed by atoms with E-state index in [0.29, 0.717) is 6.54 Å². The molecule has 2 N–H and O–H groups in total. The summed E-state index contributed by atoms with van der Waals surface area (Å²) in [6.45, 7) is 6.81. The summed E-state index contributed by atoms with van der Waals surface area (Å²) in [7, 11) is 0. The molecule has 2 unspecified atom stereocenters. The van der Waals surface area contributed by atoms with Gasteiger partial charge in [0.25, 0.3) is 0 Å². The normalized spacial score (nSPS) is 27.9. The van der Waals surface area contributed by atoms with Crippen LogP contribution in [0.25, 0.3) is 0 Å². The second-order valence-corrected chi connectivity index (χ2v) is 7.12. The molecule has 1 heterocycles. The Balaban J connectivity index is 1.79. The maximum atomic E-state index is 10.4. The maximum Gasteiger partial charge on any atom is 0.198 e.